The monoisotopic (exact) mass is 380 g/mol. The molecule has 0 saturated heterocycles. The summed E-state index contributed by atoms with van der Waals surface area (Å²) in [6, 6.07) is 0.847. The Hall–Kier alpha value is -0.460. The maximum absolute atomic E-state index is 6.30. The Labute approximate surface area is 149 Å². The summed E-state index contributed by atoms with van der Waals surface area (Å²) in [7, 11) is 0. The molecule has 2 atom stereocenters. The maximum atomic E-state index is 6.30. The molecule has 1 aromatic heterocycles. The molecule has 0 N–H and O–H groups in total. The number of allylic oxidation sites excluding steroid dienone is 4. The van der Waals surface area contributed by atoms with Crippen molar-refractivity contribution in [1.82, 2.24) is 0 Å². The van der Waals surface area contributed by atoms with Crippen molar-refractivity contribution >= 4 is 46.3 Å². The SMILES string of the molecule is CC1=CP(C)(=S)C(c2ccc(C3=C(C)C(C)=CP3(C)=S)o2)=C1C. The molecule has 0 radical (unpaired) electrons. The van der Waals surface area contributed by atoms with Crippen LogP contribution in [0, 0.1) is 0 Å². The molecule has 1 nitrogen and oxygen atoms in total. The standard InChI is InChI=1S/C18H22OP2S2/c1-11-9-20(5,22)17(13(11)3)15-7-8-16(19-15)18-14(4)12(2)10-21(18,6)23/h7-10H,1-6H3. The van der Waals surface area contributed by atoms with Crippen LogP contribution in [0.4, 0.5) is 0 Å². The summed E-state index contributed by atoms with van der Waals surface area (Å²) < 4.78 is 6.30. The molecule has 3 rings (SSSR count). The zero-order valence-electron chi connectivity index (χ0n) is 14.4. The first-order valence-electron chi connectivity index (χ1n) is 7.62. The topological polar surface area (TPSA) is 13.1 Å². The normalized spacial score (nSPS) is 31.0. The Bertz CT molecular complexity index is 863. The van der Waals surface area contributed by atoms with Gasteiger partial charge in [0, 0.05) is 22.7 Å². The minimum Gasteiger partial charge on any atom is -0.456 e. The van der Waals surface area contributed by atoms with E-state index in [-0.39, 0.29) is 0 Å². The van der Waals surface area contributed by atoms with Crippen LogP contribution in [-0.4, -0.2) is 13.3 Å². The van der Waals surface area contributed by atoms with Gasteiger partial charge >= 0.3 is 0 Å². The van der Waals surface area contributed by atoms with E-state index < -0.39 is 12.1 Å². The summed E-state index contributed by atoms with van der Waals surface area (Å²) in [4.78, 5) is 0. The van der Waals surface area contributed by atoms with Gasteiger partial charge in [-0.3, -0.25) is 0 Å². The van der Waals surface area contributed by atoms with Crippen molar-refractivity contribution in [3.8, 4) is 0 Å². The van der Waals surface area contributed by atoms with E-state index in [9.17, 15) is 0 Å². The van der Waals surface area contributed by atoms with E-state index in [1.165, 1.54) is 32.9 Å². The van der Waals surface area contributed by atoms with Gasteiger partial charge in [0.25, 0.3) is 0 Å². The van der Waals surface area contributed by atoms with Crippen molar-refractivity contribution in [2.75, 3.05) is 13.3 Å². The molecule has 0 spiro atoms. The van der Waals surface area contributed by atoms with Gasteiger partial charge in [0.2, 0.25) is 0 Å². The second kappa shape index (κ2) is 5.53. The molecule has 3 heterocycles. The second-order valence-electron chi connectivity index (χ2n) is 6.72. The summed E-state index contributed by atoms with van der Waals surface area (Å²) in [6.07, 6.45) is 0. The molecule has 122 valence electrons. The summed E-state index contributed by atoms with van der Waals surface area (Å²) in [5.74, 6) is 6.36. The minimum absolute atomic E-state index is 0.927. The zero-order valence-corrected chi connectivity index (χ0v) is 17.9. The first-order chi connectivity index (χ1) is 10.5. The van der Waals surface area contributed by atoms with Crippen molar-refractivity contribution in [3.05, 3.63) is 57.6 Å². The van der Waals surface area contributed by atoms with Crippen molar-refractivity contribution < 1.29 is 4.42 Å². The summed E-state index contributed by atoms with van der Waals surface area (Å²) in [6.45, 7) is 12.9. The van der Waals surface area contributed by atoms with Crippen molar-refractivity contribution in [1.29, 1.82) is 0 Å². The fourth-order valence-corrected chi connectivity index (χ4v) is 10.7. The number of hydrogen-bond donors (Lipinski definition) is 0. The highest BCUT2D eigenvalue weighted by Crippen LogP contribution is 2.66. The Balaban J connectivity index is 2.11. The smallest absolute Gasteiger partial charge is 0.136 e. The third-order valence-corrected chi connectivity index (χ3v) is 11.1. The zero-order chi connectivity index (χ0) is 17.2. The Morgan fingerprint density at radius 2 is 1.09 bits per heavy atom. The fourth-order valence-electron chi connectivity index (χ4n) is 3.50. The second-order valence-corrected chi connectivity index (χ2v) is 16.6. The van der Waals surface area contributed by atoms with Gasteiger partial charge in [-0.15, -0.1) is 0 Å². The van der Waals surface area contributed by atoms with Gasteiger partial charge in [-0.1, -0.05) is 23.6 Å². The molecular weight excluding hydrogens is 358 g/mol. The third kappa shape index (κ3) is 2.76. The lowest BCUT2D eigenvalue weighted by atomic mass is 10.1. The van der Waals surface area contributed by atoms with Gasteiger partial charge in [-0.25, -0.2) is 0 Å². The van der Waals surface area contributed by atoms with E-state index in [4.69, 9.17) is 28.0 Å². The predicted molar refractivity (Wildman–Crippen MR) is 112 cm³/mol. The van der Waals surface area contributed by atoms with E-state index >= 15 is 0 Å². The van der Waals surface area contributed by atoms with Crippen LogP contribution in [0.3, 0.4) is 0 Å². The molecule has 23 heavy (non-hydrogen) atoms. The molecule has 0 amide bonds. The molecule has 0 fully saturated rings. The lowest BCUT2D eigenvalue weighted by molar-refractivity contribution is 0.544. The van der Waals surface area contributed by atoms with Crippen LogP contribution in [0.5, 0.6) is 0 Å². The molecule has 0 aliphatic carbocycles. The van der Waals surface area contributed by atoms with Crippen molar-refractivity contribution in [2.45, 2.75) is 27.7 Å². The number of furan rings is 1. The third-order valence-electron chi connectivity index (χ3n) is 4.73. The van der Waals surface area contributed by atoms with Crippen molar-refractivity contribution in [3.63, 3.8) is 0 Å². The van der Waals surface area contributed by atoms with Crippen LogP contribution in [0.2, 0.25) is 0 Å². The first kappa shape index (κ1) is 17.4. The van der Waals surface area contributed by atoms with E-state index in [1.807, 2.05) is 0 Å². The lowest BCUT2D eigenvalue weighted by Gasteiger charge is -2.14. The largest absolute Gasteiger partial charge is 0.456 e. The number of hydrogen-bond acceptors (Lipinski definition) is 3. The molecule has 5 heteroatoms. The van der Waals surface area contributed by atoms with Gasteiger partial charge in [0.15, 0.2) is 0 Å². The van der Waals surface area contributed by atoms with E-state index in [0.29, 0.717) is 0 Å². The first-order valence-corrected chi connectivity index (χ1v) is 14.3. The van der Waals surface area contributed by atoms with Crippen LogP contribution >= 0.6 is 12.1 Å². The molecular formula is C18H22OP2S2. The molecule has 2 unspecified atom stereocenters. The van der Waals surface area contributed by atoms with Gasteiger partial charge in [-0.05, 0) is 87.1 Å². The van der Waals surface area contributed by atoms with Crippen LogP contribution in [0.25, 0.3) is 10.6 Å². The summed E-state index contributed by atoms with van der Waals surface area (Å²) in [5.41, 5.74) is 5.13. The predicted octanol–water partition coefficient (Wildman–Crippen LogP) is 6.80. The van der Waals surface area contributed by atoms with E-state index in [0.717, 1.165) is 11.5 Å². The molecule has 2 aliphatic rings. The quantitative estimate of drug-likeness (QED) is 0.524. The van der Waals surface area contributed by atoms with Crippen LogP contribution < -0.4 is 0 Å². The van der Waals surface area contributed by atoms with Gasteiger partial charge in [-0.2, -0.15) is 0 Å². The molecule has 0 saturated carbocycles. The Morgan fingerprint density at radius 1 is 0.739 bits per heavy atom. The Morgan fingerprint density at radius 3 is 1.35 bits per heavy atom. The van der Waals surface area contributed by atoms with Gasteiger partial charge in [0.1, 0.15) is 11.5 Å². The van der Waals surface area contributed by atoms with Crippen LogP contribution in [0.15, 0.2) is 50.5 Å². The average Bonchev–Trinajstić information content (AvgIpc) is 2.97. The molecule has 0 aromatic carbocycles. The van der Waals surface area contributed by atoms with Crippen LogP contribution in [-0.2, 0) is 23.6 Å². The molecule has 0 bridgehead atoms. The minimum atomic E-state index is -1.65. The fraction of sp³-hybridized carbons (Fsp3) is 0.333. The lowest BCUT2D eigenvalue weighted by Crippen LogP contribution is -1.84. The van der Waals surface area contributed by atoms with Crippen LogP contribution in [0.1, 0.15) is 39.2 Å². The highest BCUT2D eigenvalue weighted by molar-refractivity contribution is 8.21. The molecule has 1 aromatic rings. The average molecular weight is 380 g/mol. The van der Waals surface area contributed by atoms with Crippen molar-refractivity contribution in [2.24, 2.45) is 0 Å². The van der Waals surface area contributed by atoms with E-state index in [1.54, 1.807) is 0 Å². The Kier molecular flexibility index (Phi) is 4.17. The van der Waals surface area contributed by atoms with E-state index in [2.05, 4.69) is 64.8 Å². The maximum Gasteiger partial charge on any atom is 0.136 e. The summed E-state index contributed by atoms with van der Waals surface area (Å²) >= 11 is 11.8. The number of rotatable bonds is 2. The van der Waals surface area contributed by atoms with Gasteiger partial charge < -0.3 is 4.42 Å². The van der Waals surface area contributed by atoms with Gasteiger partial charge in [0.05, 0.1) is 0 Å². The summed E-state index contributed by atoms with van der Waals surface area (Å²) in [5, 5.41) is 2.45. The highest BCUT2D eigenvalue weighted by Gasteiger charge is 2.31. The highest BCUT2D eigenvalue weighted by atomic mass is 32.4. The molecule has 2 aliphatic heterocycles.